The number of carbonyl (C=O) groups excluding carboxylic acids is 1. The minimum Gasteiger partial charge on any atom is -0.480 e. The Kier molecular flexibility index (Phi) is 12.1. The largest absolute Gasteiger partial charge is 0.480 e. The van der Waals surface area contributed by atoms with Crippen LogP contribution in [0, 0.1) is 5.41 Å². The summed E-state index contributed by atoms with van der Waals surface area (Å²) in [5, 5.41) is 11.2. The molecule has 1 aliphatic carbocycles. The van der Waals surface area contributed by atoms with Gasteiger partial charge in [-0.1, -0.05) is 60.9 Å². The Hall–Kier alpha value is -2.74. The summed E-state index contributed by atoms with van der Waals surface area (Å²) in [5.41, 5.74) is 7.73. The highest BCUT2D eigenvalue weighted by Crippen LogP contribution is 2.40. The monoisotopic (exact) mass is 494 g/mol. The summed E-state index contributed by atoms with van der Waals surface area (Å²) in [7, 11) is 0. The van der Waals surface area contributed by atoms with E-state index in [2.05, 4.69) is 38.2 Å². The van der Waals surface area contributed by atoms with Gasteiger partial charge in [0.25, 0.3) is 6.43 Å². The van der Waals surface area contributed by atoms with E-state index in [1.54, 1.807) is 6.08 Å². The van der Waals surface area contributed by atoms with Gasteiger partial charge in [-0.05, 0) is 69.9 Å². The maximum Gasteiger partial charge on any atom is 0.407 e. The molecule has 1 atom stereocenters. The summed E-state index contributed by atoms with van der Waals surface area (Å²) in [6, 6.07) is 0. The number of nitrogens with one attached hydrogen (secondary N) is 1. The van der Waals surface area contributed by atoms with Crippen LogP contribution in [0.15, 0.2) is 58.7 Å². The van der Waals surface area contributed by atoms with Crippen LogP contribution in [0.2, 0.25) is 0 Å². The number of hydrogen-bond acceptors (Lipinski definition) is 4. The Labute approximate surface area is 207 Å². The van der Waals surface area contributed by atoms with Crippen LogP contribution in [-0.2, 0) is 9.53 Å². The number of allylic oxidation sites excluding steroid dienone is 9. The highest BCUT2D eigenvalue weighted by molar-refractivity contribution is 5.79. The van der Waals surface area contributed by atoms with Crippen LogP contribution in [0.4, 0.5) is 13.6 Å². The summed E-state index contributed by atoms with van der Waals surface area (Å²) in [6.45, 7) is 10.8. The predicted octanol–water partition coefficient (Wildman–Crippen LogP) is 6.07. The lowest BCUT2D eigenvalue weighted by Gasteiger charge is -2.32. The number of nitrogens with two attached hydrogens (primary N) is 1. The van der Waals surface area contributed by atoms with Crippen LogP contribution in [0.3, 0.4) is 0 Å². The normalized spacial score (nSPS) is 18.9. The molecule has 0 radical (unpaired) electrons. The molecule has 0 bridgehead atoms. The number of carbonyl (C=O) groups is 2. The number of amides is 1. The molecule has 196 valence electrons. The zero-order valence-corrected chi connectivity index (χ0v) is 21.5. The van der Waals surface area contributed by atoms with Gasteiger partial charge >= 0.3 is 12.1 Å². The third kappa shape index (κ3) is 10.2. The van der Waals surface area contributed by atoms with Gasteiger partial charge in [-0.3, -0.25) is 0 Å². The molecule has 1 amide bonds. The minimum atomic E-state index is -3.20. The molecule has 1 aliphatic rings. The molecule has 4 N–H and O–H groups in total. The third-order valence-electron chi connectivity index (χ3n) is 6.22. The molecule has 8 heteroatoms. The highest BCUT2D eigenvalue weighted by atomic mass is 19.3. The number of alkyl carbamates (subject to hydrolysis) is 1. The number of alkyl halides is 2. The van der Waals surface area contributed by atoms with E-state index in [1.807, 2.05) is 32.1 Å². The van der Waals surface area contributed by atoms with Gasteiger partial charge < -0.3 is 20.9 Å². The van der Waals surface area contributed by atoms with Crippen molar-refractivity contribution in [3.8, 4) is 0 Å². The van der Waals surface area contributed by atoms with Gasteiger partial charge in [-0.15, -0.1) is 0 Å². The van der Waals surface area contributed by atoms with Crippen LogP contribution in [-0.4, -0.2) is 42.3 Å². The van der Waals surface area contributed by atoms with E-state index in [9.17, 15) is 18.4 Å². The number of carboxylic acid groups (broad SMARTS) is 1. The number of rotatable bonds is 12. The van der Waals surface area contributed by atoms with Crippen molar-refractivity contribution in [1.29, 1.82) is 0 Å². The number of halogens is 2. The second kappa shape index (κ2) is 14.0. The molecule has 0 aromatic rings. The van der Waals surface area contributed by atoms with Crippen molar-refractivity contribution >= 4 is 12.1 Å². The minimum absolute atomic E-state index is 0.0195. The van der Waals surface area contributed by atoms with Crippen LogP contribution in [0.1, 0.15) is 66.7 Å². The molecule has 1 unspecified atom stereocenters. The first-order chi connectivity index (χ1) is 16.3. The molecular weight excluding hydrogens is 454 g/mol. The third-order valence-corrected chi connectivity index (χ3v) is 6.22. The van der Waals surface area contributed by atoms with Crippen molar-refractivity contribution in [2.45, 2.75) is 78.7 Å². The van der Waals surface area contributed by atoms with E-state index in [1.165, 1.54) is 24.0 Å². The van der Waals surface area contributed by atoms with Gasteiger partial charge in [-0.25, -0.2) is 18.4 Å². The van der Waals surface area contributed by atoms with Gasteiger partial charge in [0.05, 0.1) is 0 Å². The standard InChI is InChI=1S/C27H40F2N2O4/c1-19(12-13-22-21(3)11-7-15-26(22,4)5)9-6-10-20(2)14-18-35-25(34)31-17-8-16-27(30,23(28)29)24(32)33/h6,9-10,12-14,23H,7-8,11,15-18,30H2,1-5H3,(H,31,34)(H,32,33). The Balaban J connectivity index is 2.43. The van der Waals surface area contributed by atoms with E-state index in [0.29, 0.717) is 0 Å². The average molecular weight is 495 g/mol. The van der Waals surface area contributed by atoms with E-state index >= 15 is 0 Å². The molecule has 0 heterocycles. The number of hydrogen-bond donors (Lipinski definition) is 3. The maximum atomic E-state index is 12.8. The van der Waals surface area contributed by atoms with Crippen LogP contribution in [0.25, 0.3) is 0 Å². The summed E-state index contributed by atoms with van der Waals surface area (Å²) < 4.78 is 30.6. The Morgan fingerprint density at radius 3 is 2.54 bits per heavy atom. The molecule has 0 aromatic carbocycles. The van der Waals surface area contributed by atoms with Gasteiger partial charge in [0.1, 0.15) is 6.61 Å². The zero-order chi connectivity index (χ0) is 26.6. The van der Waals surface area contributed by atoms with Crippen LogP contribution in [0.5, 0.6) is 0 Å². The van der Waals surface area contributed by atoms with Crippen molar-refractivity contribution in [2.75, 3.05) is 13.2 Å². The Morgan fingerprint density at radius 1 is 1.26 bits per heavy atom. The molecule has 6 nitrogen and oxygen atoms in total. The summed E-state index contributed by atoms with van der Waals surface area (Å²) in [6.07, 6.45) is 11.2. The van der Waals surface area contributed by atoms with E-state index in [0.717, 1.165) is 17.6 Å². The van der Waals surface area contributed by atoms with Gasteiger partial charge in [0.2, 0.25) is 0 Å². The summed E-state index contributed by atoms with van der Waals surface area (Å²) in [5.74, 6) is -1.77. The van der Waals surface area contributed by atoms with E-state index in [-0.39, 0.29) is 25.0 Å². The average Bonchev–Trinajstić information content (AvgIpc) is 2.75. The molecule has 0 saturated heterocycles. The van der Waals surface area contributed by atoms with Gasteiger partial charge in [-0.2, -0.15) is 0 Å². The molecule has 0 fully saturated rings. The second-order valence-corrected chi connectivity index (χ2v) is 9.76. The van der Waals surface area contributed by atoms with Crippen LogP contribution >= 0.6 is 0 Å². The fourth-order valence-electron chi connectivity index (χ4n) is 3.88. The fraction of sp³-hybridized carbons (Fsp3) is 0.556. The predicted molar refractivity (Wildman–Crippen MR) is 135 cm³/mol. The molecule has 0 saturated carbocycles. The van der Waals surface area contributed by atoms with Crippen molar-refractivity contribution in [2.24, 2.45) is 11.1 Å². The summed E-state index contributed by atoms with van der Waals surface area (Å²) >= 11 is 0. The number of ether oxygens (including phenoxy) is 1. The Morgan fingerprint density at radius 2 is 1.94 bits per heavy atom. The lowest BCUT2D eigenvalue weighted by Crippen LogP contribution is -2.54. The van der Waals surface area contributed by atoms with Crippen molar-refractivity contribution < 1.29 is 28.2 Å². The first kappa shape index (κ1) is 30.3. The quantitative estimate of drug-likeness (QED) is 0.226. The molecule has 1 rings (SSSR count). The van der Waals surface area contributed by atoms with E-state index in [4.69, 9.17) is 15.6 Å². The first-order valence-corrected chi connectivity index (χ1v) is 11.9. The zero-order valence-electron chi connectivity index (χ0n) is 21.5. The molecular formula is C27H40F2N2O4. The first-order valence-electron chi connectivity index (χ1n) is 11.9. The topological polar surface area (TPSA) is 102 Å². The van der Waals surface area contributed by atoms with E-state index < -0.39 is 30.4 Å². The molecule has 0 aliphatic heterocycles. The molecule has 0 spiro atoms. The number of aliphatic carboxylic acids is 1. The van der Waals surface area contributed by atoms with Crippen molar-refractivity contribution in [3.63, 3.8) is 0 Å². The smallest absolute Gasteiger partial charge is 0.407 e. The van der Waals surface area contributed by atoms with Gasteiger partial charge in [0, 0.05) is 6.54 Å². The van der Waals surface area contributed by atoms with Crippen molar-refractivity contribution in [1.82, 2.24) is 5.32 Å². The molecule has 0 aromatic heterocycles. The lowest BCUT2D eigenvalue weighted by molar-refractivity contribution is -0.150. The van der Waals surface area contributed by atoms with Crippen LogP contribution < -0.4 is 11.1 Å². The van der Waals surface area contributed by atoms with Gasteiger partial charge in [0.15, 0.2) is 5.54 Å². The molecule has 35 heavy (non-hydrogen) atoms. The SMILES string of the molecule is CC(C=CC1=C(C)CCCC1(C)C)=CC=CC(C)=CCOC(=O)NCCCC(N)(C(=O)O)C(F)F. The highest BCUT2D eigenvalue weighted by Gasteiger charge is 2.43. The number of carboxylic acids is 1. The maximum absolute atomic E-state index is 12.8. The van der Waals surface area contributed by atoms with Crippen molar-refractivity contribution in [3.05, 3.63) is 58.7 Å². The second-order valence-electron chi connectivity index (χ2n) is 9.76. The Bertz CT molecular complexity index is 901. The lowest BCUT2D eigenvalue weighted by atomic mass is 9.72. The fourth-order valence-corrected chi connectivity index (χ4v) is 3.88. The summed E-state index contributed by atoms with van der Waals surface area (Å²) in [4.78, 5) is 22.6.